The quantitative estimate of drug-likeness (QED) is 0.677. The summed E-state index contributed by atoms with van der Waals surface area (Å²) in [6.07, 6.45) is 0. The molecule has 0 amide bonds. The second-order valence-electron chi connectivity index (χ2n) is 3.41. The lowest BCUT2D eigenvalue weighted by atomic mass is 10.1. The molecule has 0 aliphatic carbocycles. The maximum absolute atomic E-state index is 6.01. The number of thiophene rings is 2. The van der Waals surface area contributed by atoms with Crippen molar-refractivity contribution < 1.29 is 0 Å². The summed E-state index contributed by atoms with van der Waals surface area (Å²) in [5.74, 6) is 0. The SMILES string of the molecule is CCNC(c1ccc(Cl)s1)c1cc(Br)sc1Br. The molecule has 6 heteroatoms. The number of rotatable bonds is 4. The van der Waals surface area contributed by atoms with Crippen molar-refractivity contribution >= 4 is 66.1 Å². The fourth-order valence-corrected chi connectivity index (χ4v) is 5.66. The van der Waals surface area contributed by atoms with Gasteiger partial charge in [0.25, 0.3) is 0 Å². The first-order valence-electron chi connectivity index (χ1n) is 5.05. The Morgan fingerprint density at radius 1 is 1.35 bits per heavy atom. The molecule has 1 unspecified atom stereocenters. The third-order valence-electron chi connectivity index (χ3n) is 2.28. The van der Waals surface area contributed by atoms with E-state index in [9.17, 15) is 0 Å². The van der Waals surface area contributed by atoms with Gasteiger partial charge in [0.1, 0.15) is 0 Å². The minimum absolute atomic E-state index is 0.203. The van der Waals surface area contributed by atoms with Crippen LogP contribution in [0.2, 0.25) is 4.34 Å². The fourth-order valence-electron chi connectivity index (χ4n) is 1.60. The van der Waals surface area contributed by atoms with Crippen molar-refractivity contribution in [2.24, 2.45) is 0 Å². The molecule has 2 rings (SSSR count). The zero-order valence-electron chi connectivity index (χ0n) is 8.97. The average molecular weight is 416 g/mol. The van der Waals surface area contributed by atoms with E-state index in [4.69, 9.17) is 11.6 Å². The maximum Gasteiger partial charge on any atom is 0.0931 e. The van der Waals surface area contributed by atoms with Crippen LogP contribution in [-0.4, -0.2) is 6.54 Å². The molecule has 92 valence electrons. The van der Waals surface area contributed by atoms with Gasteiger partial charge in [-0.05, 0) is 56.6 Å². The van der Waals surface area contributed by atoms with E-state index in [2.05, 4.69) is 56.2 Å². The van der Waals surface area contributed by atoms with Crippen molar-refractivity contribution in [2.45, 2.75) is 13.0 Å². The summed E-state index contributed by atoms with van der Waals surface area (Å²) in [5, 5.41) is 3.49. The van der Waals surface area contributed by atoms with Crippen molar-refractivity contribution in [3.63, 3.8) is 0 Å². The molecule has 2 aromatic rings. The molecule has 0 aromatic carbocycles. The molecule has 0 aliphatic rings. The summed E-state index contributed by atoms with van der Waals surface area (Å²) in [6, 6.07) is 6.38. The Kier molecular flexibility index (Phi) is 5.09. The van der Waals surface area contributed by atoms with E-state index in [-0.39, 0.29) is 6.04 Å². The van der Waals surface area contributed by atoms with Gasteiger partial charge in [0.05, 0.1) is 18.0 Å². The number of nitrogens with one attached hydrogen (secondary N) is 1. The first kappa shape index (κ1) is 14.0. The molecule has 0 saturated heterocycles. The van der Waals surface area contributed by atoms with E-state index in [1.54, 1.807) is 22.7 Å². The van der Waals surface area contributed by atoms with Crippen LogP contribution < -0.4 is 5.32 Å². The molecule has 0 fully saturated rings. The monoisotopic (exact) mass is 413 g/mol. The van der Waals surface area contributed by atoms with E-state index < -0.39 is 0 Å². The number of halogens is 3. The first-order chi connectivity index (χ1) is 8.11. The van der Waals surface area contributed by atoms with Crippen LogP contribution in [0.1, 0.15) is 23.4 Å². The zero-order chi connectivity index (χ0) is 12.4. The molecular weight excluding hydrogens is 406 g/mol. The molecule has 0 radical (unpaired) electrons. The normalized spacial score (nSPS) is 12.9. The van der Waals surface area contributed by atoms with Crippen LogP contribution in [0, 0.1) is 0 Å². The third-order valence-corrected chi connectivity index (χ3v) is 5.96. The average Bonchev–Trinajstić information content (AvgIpc) is 2.82. The molecule has 2 heterocycles. The Balaban J connectivity index is 2.38. The zero-order valence-corrected chi connectivity index (χ0v) is 14.5. The van der Waals surface area contributed by atoms with E-state index >= 15 is 0 Å². The summed E-state index contributed by atoms with van der Waals surface area (Å²) in [6.45, 7) is 3.03. The highest BCUT2D eigenvalue weighted by Gasteiger charge is 2.19. The van der Waals surface area contributed by atoms with Gasteiger partial charge >= 0.3 is 0 Å². The molecule has 0 aliphatic heterocycles. The van der Waals surface area contributed by atoms with Gasteiger partial charge in [0.15, 0.2) is 0 Å². The Bertz CT molecular complexity index is 509. The van der Waals surface area contributed by atoms with Crippen molar-refractivity contribution in [3.8, 4) is 0 Å². The molecule has 1 atom stereocenters. The highest BCUT2D eigenvalue weighted by Crippen LogP contribution is 2.40. The second-order valence-corrected chi connectivity index (χ2v) is 8.91. The minimum atomic E-state index is 0.203. The molecule has 17 heavy (non-hydrogen) atoms. The van der Waals surface area contributed by atoms with Crippen LogP contribution in [0.25, 0.3) is 0 Å². The van der Waals surface area contributed by atoms with Crippen molar-refractivity contribution in [2.75, 3.05) is 6.54 Å². The second kappa shape index (κ2) is 6.17. The first-order valence-corrected chi connectivity index (χ1v) is 8.65. The van der Waals surface area contributed by atoms with E-state index in [1.807, 2.05) is 6.07 Å². The lowest BCUT2D eigenvalue weighted by Gasteiger charge is -2.15. The molecule has 2 aromatic heterocycles. The predicted octanol–water partition coefficient (Wildman–Crippen LogP) is 5.69. The highest BCUT2D eigenvalue weighted by atomic mass is 79.9. The molecule has 1 N–H and O–H groups in total. The van der Waals surface area contributed by atoms with Crippen LogP contribution in [0.4, 0.5) is 0 Å². The standard InChI is InChI=1S/C11H10Br2ClNS2/c1-2-15-10(7-3-4-9(14)16-7)6-5-8(12)17-11(6)13/h3-5,10,15H,2H2,1H3. The van der Waals surface area contributed by atoms with Gasteiger partial charge in [0, 0.05) is 10.4 Å². The Morgan fingerprint density at radius 3 is 2.59 bits per heavy atom. The van der Waals surface area contributed by atoms with Gasteiger partial charge in [-0.15, -0.1) is 22.7 Å². The Morgan fingerprint density at radius 2 is 2.12 bits per heavy atom. The van der Waals surface area contributed by atoms with Gasteiger partial charge in [-0.2, -0.15) is 0 Å². The van der Waals surface area contributed by atoms with Crippen LogP contribution in [-0.2, 0) is 0 Å². The molecule has 0 bridgehead atoms. The van der Waals surface area contributed by atoms with Crippen LogP contribution >= 0.6 is 66.1 Å². The Hall–Kier alpha value is 0.610. The van der Waals surface area contributed by atoms with Crippen LogP contribution in [0.15, 0.2) is 25.8 Å². The Labute approximate surface area is 130 Å². The minimum Gasteiger partial charge on any atom is -0.306 e. The molecule has 1 nitrogen and oxygen atoms in total. The smallest absolute Gasteiger partial charge is 0.0931 e. The fraction of sp³-hybridized carbons (Fsp3) is 0.273. The largest absolute Gasteiger partial charge is 0.306 e. The summed E-state index contributed by atoms with van der Waals surface area (Å²) in [5.41, 5.74) is 1.25. The topological polar surface area (TPSA) is 12.0 Å². The summed E-state index contributed by atoms with van der Waals surface area (Å²) in [7, 11) is 0. The number of hydrogen-bond donors (Lipinski definition) is 1. The highest BCUT2D eigenvalue weighted by molar-refractivity contribution is 9.12. The van der Waals surface area contributed by atoms with Crippen LogP contribution in [0.5, 0.6) is 0 Å². The summed E-state index contributed by atoms with van der Waals surface area (Å²) in [4.78, 5) is 1.24. The van der Waals surface area contributed by atoms with Gasteiger partial charge in [0.2, 0.25) is 0 Å². The lowest BCUT2D eigenvalue weighted by molar-refractivity contribution is 0.639. The molecule has 0 saturated carbocycles. The summed E-state index contributed by atoms with van der Waals surface area (Å²) >= 11 is 16.4. The van der Waals surface area contributed by atoms with Gasteiger partial charge < -0.3 is 5.32 Å². The third kappa shape index (κ3) is 3.33. The summed E-state index contributed by atoms with van der Waals surface area (Å²) < 4.78 is 3.11. The van der Waals surface area contributed by atoms with Crippen molar-refractivity contribution in [3.05, 3.63) is 40.5 Å². The molecular formula is C11H10Br2ClNS2. The van der Waals surface area contributed by atoms with Gasteiger partial charge in [-0.25, -0.2) is 0 Å². The molecule has 0 spiro atoms. The van der Waals surface area contributed by atoms with Gasteiger partial charge in [-0.3, -0.25) is 0 Å². The van der Waals surface area contributed by atoms with Gasteiger partial charge in [-0.1, -0.05) is 18.5 Å². The predicted molar refractivity (Wildman–Crippen MR) is 84.6 cm³/mol. The maximum atomic E-state index is 6.01. The number of hydrogen-bond acceptors (Lipinski definition) is 3. The van der Waals surface area contributed by atoms with Crippen molar-refractivity contribution in [1.82, 2.24) is 5.32 Å². The van der Waals surface area contributed by atoms with E-state index in [0.29, 0.717) is 0 Å². The van der Waals surface area contributed by atoms with Crippen LogP contribution in [0.3, 0.4) is 0 Å². The van der Waals surface area contributed by atoms with E-state index in [1.165, 1.54) is 10.4 Å². The van der Waals surface area contributed by atoms with Crippen molar-refractivity contribution in [1.29, 1.82) is 0 Å². The van der Waals surface area contributed by atoms with E-state index in [0.717, 1.165) is 18.5 Å². The lowest BCUT2D eigenvalue weighted by Crippen LogP contribution is -2.20.